The largest absolute Gasteiger partial charge is 0.293 e. The average molecular weight is 339 g/mol. The van der Waals surface area contributed by atoms with Gasteiger partial charge in [0.1, 0.15) is 0 Å². The van der Waals surface area contributed by atoms with Gasteiger partial charge in [-0.25, -0.2) is 0 Å². The summed E-state index contributed by atoms with van der Waals surface area (Å²) in [4.78, 5) is 11.3. The Morgan fingerprint density at radius 1 is 1.58 bits per heavy atom. The molecule has 0 heterocycles. The van der Waals surface area contributed by atoms with Crippen LogP contribution in [0.4, 0.5) is 0 Å². The van der Waals surface area contributed by atoms with Crippen LogP contribution in [-0.2, 0) is 0 Å². The first kappa shape index (κ1) is 10.2. The second kappa shape index (κ2) is 4.37. The van der Waals surface area contributed by atoms with E-state index in [1.165, 1.54) is 0 Å². The van der Waals surface area contributed by atoms with Crippen LogP contribution >= 0.6 is 38.5 Å². The molecule has 64 valence electrons. The van der Waals surface area contributed by atoms with Gasteiger partial charge in [-0.05, 0) is 41.1 Å². The Balaban J connectivity index is 3.16. The summed E-state index contributed by atoms with van der Waals surface area (Å²) < 4.78 is 1.14. The molecular formula is C9H8BrIO. The molecular weight excluding hydrogens is 331 g/mol. The van der Waals surface area contributed by atoms with E-state index in [-0.39, 0.29) is 5.78 Å². The number of Topliss-reactive ketones (excluding diaryl/α,β-unsaturated/α-hetero) is 1. The Hall–Kier alpha value is 0.1000. The van der Waals surface area contributed by atoms with Crippen LogP contribution < -0.4 is 0 Å². The highest BCUT2D eigenvalue weighted by atomic mass is 127. The summed E-state index contributed by atoms with van der Waals surface area (Å²) in [6.07, 6.45) is 0. The fourth-order valence-corrected chi connectivity index (χ4v) is 1.78. The molecule has 0 saturated heterocycles. The topological polar surface area (TPSA) is 17.1 Å². The molecule has 3 heteroatoms. The Kier molecular flexibility index (Phi) is 3.71. The predicted octanol–water partition coefficient (Wildman–Crippen LogP) is 3.18. The molecule has 1 aromatic carbocycles. The number of carbonyl (C=O) groups excluding carboxylic acids is 1. The number of hydrogen-bond acceptors (Lipinski definition) is 1. The lowest BCUT2D eigenvalue weighted by atomic mass is 10.1. The molecule has 0 aliphatic rings. The van der Waals surface area contributed by atoms with Crippen LogP contribution in [0.2, 0.25) is 0 Å². The van der Waals surface area contributed by atoms with Gasteiger partial charge in [-0.1, -0.05) is 28.1 Å². The van der Waals surface area contributed by atoms with Gasteiger partial charge in [-0.15, -0.1) is 0 Å². The molecule has 0 aliphatic carbocycles. The molecule has 0 radical (unpaired) electrons. The van der Waals surface area contributed by atoms with Crippen molar-refractivity contribution in [3.8, 4) is 0 Å². The minimum Gasteiger partial charge on any atom is -0.293 e. The van der Waals surface area contributed by atoms with Gasteiger partial charge in [0.25, 0.3) is 0 Å². The normalized spacial score (nSPS) is 9.92. The van der Waals surface area contributed by atoms with Crippen LogP contribution in [0.3, 0.4) is 0 Å². The average Bonchev–Trinajstić information content (AvgIpc) is 2.08. The van der Waals surface area contributed by atoms with Crippen molar-refractivity contribution in [2.45, 2.75) is 6.92 Å². The molecule has 0 bridgehead atoms. The number of carbonyl (C=O) groups is 1. The first-order valence-electron chi connectivity index (χ1n) is 3.51. The van der Waals surface area contributed by atoms with Crippen molar-refractivity contribution in [3.63, 3.8) is 0 Å². The lowest BCUT2D eigenvalue weighted by molar-refractivity contribution is 0.102. The number of ketones is 1. The Labute approximate surface area is 93.8 Å². The summed E-state index contributed by atoms with van der Waals surface area (Å²) in [5.41, 5.74) is 1.89. The van der Waals surface area contributed by atoms with E-state index in [9.17, 15) is 4.79 Å². The van der Waals surface area contributed by atoms with Gasteiger partial charge < -0.3 is 0 Å². The maximum absolute atomic E-state index is 11.3. The molecule has 1 rings (SSSR count). The maximum atomic E-state index is 11.3. The zero-order valence-electron chi connectivity index (χ0n) is 6.60. The fraction of sp³-hybridized carbons (Fsp3) is 0.222. The quantitative estimate of drug-likeness (QED) is 0.460. The molecule has 0 N–H and O–H groups in total. The van der Waals surface area contributed by atoms with Gasteiger partial charge in [0, 0.05) is 9.13 Å². The summed E-state index contributed by atoms with van der Waals surface area (Å²) in [6, 6.07) is 5.77. The summed E-state index contributed by atoms with van der Waals surface area (Å²) >= 11 is 5.39. The number of hydrogen-bond donors (Lipinski definition) is 0. The van der Waals surface area contributed by atoms with Crippen LogP contribution in [0.1, 0.15) is 15.9 Å². The zero-order valence-corrected chi connectivity index (χ0v) is 10.3. The second-order valence-corrected chi connectivity index (χ2v) is 4.19. The first-order chi connectivity index (χ1) is 5.66. The predicted molar refractivity (Wildman–Crippen MR) is 62.0 cm³/mol. The van der Waals surface area contributed by atoms with Crippen molar-refractivity contribution in [1.29, 1.82) is 0 Å². The van der Waals surface area contributed by atoms with Crippen LogP contribution in [0, 0.1) is 10.5 Å². The zero-order chi connectivity index (χ0) is 9.14. The van der Waals surface area contributed by atoms with Gasteiger partial charge in [0.15, 0.2) is 5.78 Å². The number of alkyl halides is 1. The first-order valence-corrected chi connectivity index (χ1v) is 5.71. The van der Waals surface area contributed by atoms with E-state index in [1.54, 1.807) is 0 Å². The third kappa shape index (κ3) is 2.07. The Morgan fingerprint density at radius 2 is 2.25 bits per heavy atom. The van der Waals surface area contributed by atoms with Gasteiger partial charge in [0.2, 0.25) is 0 Å². The molecule has 1 aromatic rings. The SMILES string of the molecule is Cc1c(I)cccc1C(=O)CBr. The Morgan fingerprint density at radius 3 is 2.83 bits per heavy atom. The third-order valence-electron chi connectivity index (χ3n) is 1.69. The van der Waals surface area contributed by atoms with Crippen molar-refractivity contribution in [2.24, 2.45) is 0 Å². The van der Waals surface area contributed by atoms with E-state index in [0.717, 1.165) is 14.7 Å². The van der Waals surface area contributed by atoms with Crippen molar-refractivity contribution in [2.75, 3.05) is 5.33 Å². The van der Waals surface area contributed by atoms with Crippen molar-refractivity contribution in [3.05, 3.63) is 32.9 Å². The number of rotatable bonds is 2. The molecule has 1 nitrogen and oxygen atoms in total. The van der Waals surface area contributed by atoms with Gasteiger partial charge in [-0.2, -0.15) is 0 Å². The molecule has 0 unspecified atom stereocenters. The lowest BCUT2D eigenvalue weighted by Gasteiger charge is -2.03. The van der Waals surface area contributed by atoms with Gasteiger partial charge in [0.05, 0.1) is 5.33 Å². The van der Waals surface area contributed by atoms with Crippen LogP contribution in [0.5, 0.6) is 0 Å². The molecule has 0 saturated carbocycles. The highest BCUT2D eigenvalue weighted by Gasteiger charge is 2.08. The van der Waals surface area contributed by atoms with E-state index in [4.69, 9.17) is 0 Å². The summed E-state index contributed by atoms with van der Waals surface area (Å²) in [7, 11) is 0. The molecule has 0 aromatic heterocycles. The molecule has 0 spiro atoms. The van der Waals surface area contributed by atoms with Gasteiger partial charge >= 0.3 is 0 Å². The second-order valence-electron chi connectivity index (χ2n) is 2.47. The standard InChI is InChI=1S/C9H8BrIO/c1-6-7(9(12)5-10)3-2-4-8(6)11/h2-4H,5H2,1H3. The van der Waals surface area contributed by atoms with Crippen LogP contribution in [0.25, 0.3) is 0 Å². The van der Waals surface area contributed by atoms with E-state index in [1.807, 2.05) is 25.1 Å². The monoisotopic (exact) mass is 338 g/mol. The summed E-state index contributed by atoms with van der Waals surface area (Å²) in [5, 5.41) is 0.397. The minimum atomic E-state index is 0.144. The van der Waals surface area contributed by atoms with Crippen LogP contribution in [0.15, 0.2) is 18.2 Å². The van der Waals surface area contributed by atoms with Crippen molar-refractivity contribution in [1.82, 2.24) is 0 Å². The third-order valence-corrected chi connectivity index (χ3v) is 3.37. The number of benzene rings is 1. The molecule has 0 aliphatic heterocycles. The highest BCUT2D eigenvalue weighted by Crippen LogP contribution is 2.16. The number of halogens is 2. The van der Waals surface area contributed by atoms with E-state index in [2.05, 4.69) is 38.5 Å². The summed E-state index contributed by atoms with van der Waals surface area (Å²) in [6.45, 7) is 1.97. The molecule has 0 atom stereocenters. The molecule has 12 heavy (non-hydrogen) atoms. The minimum absolute atomic E-state index is 0.144. The van der Waals surface area contributed by atoms with Crippen LogP contribution in [-0.4, -0.2) is 11.1 Å². The van der Waals surface area contributed by atoms with E-state index >= 15 is 0 Å². The summed E-state index contributed by atoms with van der Waals surface area (Å²) in [5.74, 6) is 0.144. The van der Waals surface area contributed by atoms with Gasteiger partial charge in [-0.3, -0.25) is 4.79 Å². The maximum Gasteiger partial charge on any atom is 0.173 e. The Bertz CT molecular complexity index is 309. The van der Waals surface area contributed by atoms with E-state index in [0.29, 0.717) is 5.33 Å². The van der Waals surface area contributed by atoms with Crippen molar-refractivity contribution < 1.29 is 4.79 Å². The molecule has 0 amide bonds. The molecule has 0 fully saturated rings. The lowest BCUT2D eigenvalue weighted by Crippen LogP contribution is -2.03. The fourth-order valence-electron chi connectivity index (χ4n) is 0.982. The smallest absolute Gasteiger partial charge is 0.173 e. The van der Waals surface area contributed by atoms with Crippen molar-refractivity contribution >= 4 is 44.3 Å². The highest BCUT2D eigenvalue weighted by molar-refractivity contribution is 14.1. The van der Waals surface area contributed by atoms with E-state index < -0.39 is 0 Å².